The third-order valence-electron chi connectivity index (χ3n) is 2.79. The van der Waals surface area contributed by atoms with Gasteiger partial charge in [-0.25, -0.2) is 0 Å². The SMILES string of the molecule is CCC(O)C(C)(CS(=O)(=O)O)C(O)CC. The van der Waals surface area contributed by atoms with E-state index in [9.17, 15) is 18.6 Å². The van der Waals surface area contributed by atoms with Crippen molar-refractivity contribution in [3.63, 3.8) is 0 Å². The van der Waals surface area contributed by atoms with E-state index in [0.717, 1.165) is 0 Å². The minimum absolute atomic E-state index is 0.322. The Morgan fingerprint density at radius 2 is 1.47 bits per heavy atom. The van der Waals surface area contributed by atoms with Gasteiger partial charge in [-0.05, 0) is 12.8 Å². The van der Waals surface area contributed by atoms with Crippen LogP contribution in [0.3, 0.4) is 0 Å². The zero-order chi connectivity index (χ0) is 12.3. The first-order valence-electron chi connectivity index (χ1n) is 4.98. The molecule has 0 aliphatic heterocycles. The average molecular weight is 240 g/mol. The summed E-state index contributed by atoms with van der Waals surface area (Å²) in [6, 6.07) is 0. The molecule has 3 N–H and O–H groups in total. The van der Waals surface area contributed by atoms with E-state index in [0.29, 0.717) is 12.8 Å². The highest BCUT2D eigenvalue weighted by Gasteiger charge is 2.41. The Morgan fingerprint density at radius 3 is 1.67 bits per heavy atom. The Morgan fingerprint density at radius 1 is 1.13 bits per heavy atom. The van der Waals surface area contributed by atoms with E-state index in [1.165, 1.54) is 6.92 Å². The highest BCUT2D eigenvalue weighted by atomic mass is 32.2. The standard InChI is InChI=1S/C9H20O5S/c1-4-7(10)9(3,8(11)5-2)6-15(12,13)14/h7-8,10-11H,4-6H2,1-3H3,(H,12,13,14). The van der Waals surface area contributed by atoms with E-state index >= 15 is 0 Å². The Balaban J connectivity index is 5.03. The van der Waals surface area contributed by atoms with Crippen molar-refractivity contribution in [1.29, 1.82) is 0 Å². The normalized spacial score (nSPS) is 20.7. The van der Waals surface area contributed by atoms with Crippen molar-refractivity contribution in [2.75, 3.05) is 5.75 Å². The molecule has 0 bridgehead atoms. The van der Waals surface area contributed by atoms with E-state index < -0.39 is 33.5 Å². The van der Waals surface area contributed by atoms with Crippen LogP contribution in [-0.4, -0.2) is 41.1 Å². The summed E-state index contributed by atoms with van der Waals surface area (Å²) in [5.74, 6) is -0.635. The summed E-state index contributed by atoms with van der Waals surface area (Å²) in [5.41, 5.74) is -1.23. The molecule has 92 valence electrons. The van der Waals surface area contributed by atoms with E-state index in [-0.39, 0.29) is 0 Å². The maximum absolute atomic E-state index is 10.8. The fraction of sp³-hybridized carbons (Fsp3) is 1.00. The highest BCUT2D eigenvalue weighted by Crippen LogP contribution is 2.31. The summed E-state index contributed by atoms with van der Waals surface area (Å²) in [5, 5.41) is 19.4. The molecule has 0 aliphatic rings. The second kappa shape index (κ2) is 5.25. The third kappa shape index (κ3) is 4.06. The first kappa shape index (κ1) is 14.8. The van der Waals surface area contributed by atoms with Gasteiger partial charge in [-0.15, -0.1) is 0 Å². The molecule has 0 radical (unpaired) electrons. The maximum Gasteiger partial charge on any atom is 0.265 e. The van der Waals surface area contributed by atoms with Gasteiger partial charge in [0.2, 0.25) is 0 Å². The summed E-state index contributed by atoms with van der Waals surface area (Å²) < 4.78 is 30.4. The molecular formula is C9H20O5S. The second-order valence-electron chi connectivity index (χ2n) is 4.08. The quantitative estimate of drug-likeness (QED) is 0.585. The van der Waals surface area contributed by atoms with Crippen molar-refractivity contribution in [1.82, 2.24) is 0 Å². The fourth-order valence-corrected chi connectivity index (χ4v) is 2.91. The zero-order valence-corrected chi connectivity index (χ0v) is 10.2. The van der Waals surface area contributed by atoms with Crippen LogP contribution < -0.4 is 0 Å². The Kier molecular flexibility index (Phi) is 5.19. The number of aliphatic hydroxyl groups is 2. The first-order valence-corrected chi connectivity index (χ1v) is 6.59. The summed E-state index contributed by atoms with van der Waals surface area (Å²) in [4.78, 5) is 0. The van der Waals surface area contributed by atoms with Crippen molar-refractivity contribution in [2.24, 2.45) is 5.41 Å². The van der Waals surface area contributed by atoms with Gasteiger partial charge in [-0.1, -0.05) is 20.8 Å². The predicted octanol–water partition coefficient (Wildman–Crippen LogP) is 0.422. The molecule has 0 aliphatic carbocycles. The fourth-order valence-electron chi connectivity index (χ4n) is 1.74. The number of rotatable bonds is 6. The Hall–Kier alpha value is -0.170. The molecule has 0 heterocycles. The summed E-state index contributed by atoms with van der Waals surface area (Å²) in [6.07, 6.45) is -1.28. The van der Waals surface area contributed by atoms with E-state index in [1.807, 2.05) is 0 Å². The molecule has 0 aromatic carbocycles. The lowest BCUT2D eigenvalue weighted by molar-refractivity contribution is -0.0481. The molecule has 0 saturated carbocycles. The van der Waals surface area contributed by atoms with Crippen LogP contribution in [0.2, 0.25) is 0 Å². The molecule has 0 aromatic heterocycles. The van der Waals surface area contributed by atoms with Crippen LogP contribution in [0.25, 0.3) is 0 Å². The van der Waals surface area contributed by atoms with Crippen molar-refractivity contribution < 1.29 is 23.2 Å². The van der Waals surface area contributed by atoms with Crippen molar-refractivity contribution >= 4 is 10.1 Å². The highest BCUT2D eigenvalue weighted by molar-refractivity contribution is 7.85. The van der Waals surface area contributed by atoms with E-state index in [1.54, 1.807) is 13.8 Å². The van der Waals surface area contributed by atoms with Crippen molar-refractivity contribution in [2.45, 2.75) is 45.8 Å². The smallest absolute Gasteiger partial charge is 0.265 e. The lowest BCUT2D eigenvalue weighted by Gasteiger charge is -2.36. The Labute approximate surface area is 90.9 Å². The van der Waals surface area contributed by atoms with Crippen LogP contribution in [0.5, 0.6) is 0 Å². The molecule has 0 aromatic rings. The van der Waals surface area contributed by atoms with Crippen LogP contribution in [0.15, 0.2) is 0 Å². The number of hydrogen-bond acceptors (Lipinski definition) is 4. The van der Waals surface area contributed by atoms with E-state index in [4.69, 9.17) is 4.55 Å². The topological polar surface area (TPSA) is 94.8 Å². The molecule has 6 heteroatoms. The third-order valence-corrected chi connectivity index (χ3v) is 3.78. The van der Waals surface area contributed by atoms with Gasteiger partial charge in [0, 0.05) is 5.41 Å². The summed E-state index contributed by atoms with van der Waals surface area (Å²) >= 11 is 0. The van der Waals surface area contributed by atoms with Crippen LogP contribution in [-0.2, 0) is 10.1 Å². The molecule has 0 saturated heterocycles. The zero-order valence-electron chi connectivity index (χ0n) is 9.34. The van der Waals surface area contributed by atoms with Crippen LogP contribution >= 0.6 is 0 Å². The summed E-state index contributed by atoms with van der Waals surface area (Å²) in [6.45, 7) is 4.84. The molecule has 2 unspecified atom stereocenters. The van der Waals surface area contributed by atoms with Gasteiger partial charge in [0.05, 0.1) is 18.0 Å². The van der Waals surface area contributed by atoms with Crippen LogP contribution in [0, 0.1) is 5.41 Å². The van der Waals surface area contributed by atoms with Crippen molar-refractivity contribution in [3.05, 3.63) is 0 Å². The molecule has 0 spiro atoms. The minimum atomic E-state index is -4.21. The molecule has 0 rings (SSSR count). The van der Waals surface area contributed by atoms with E-state index in [2.05, 4.69) is 0 Å². The van der Waals surface area contributed by atoms with Gasteiger partial charge in [-0.3, -0.25) is 4.55 Å². The first-order chi connectivity index (χ1) is 6.67. The van der Waals surface area contributed by atoms with Crippen LogP contribution in [0.1, 0.15) is 33.6 Å². The van der Waals surface area contributed by atoms with Gasteiger partial charge in [-0.2, -0.15) is 8.42 Å². The van der Waals surface area contributed by atoms with Gasteiger partial charge >= 0.3 is 0 Å². The molecule has 15 heavy (non-hydrogen) atoms. The second-order valence-corrected chi connectivity index (χ2v) is 5.53. The van der Waals surface area contributed by atoms with Crippen molar-refractivity contribution in [3.8, 4) is 0 Å². The lowest BCUT2D eigenvalue weighted by atomic mass is 9.78. The largest absolute Gasteiger partial charge is 0.392 e. The van der Waals surface area contributed by atoms with Gasteiger partial charge in [0.15, 0.2) is 0 Å². The molecule has 2 atom stereocenters. The maximum atomic E-state index is 10.8. The molecule has 0 fully saturated rings. The van der Waals surface area contributed by atoms with Gasteiger partial charge in [0.1, 0.15) is 0 Å². The minimum Gasteiger partial charge on any atom is -0.392 e. The molecular weight excluding hydrogens is 220 g/mol. The molecule has 0 amide bonds. The Bertz CT molecular complexity index is 275. The lowest BCUT2D eigenvalue weighted by Crippen LogP contribution is -2.47. The monoisotopic (exact) mass is 240 g/mol. The van der Waals surface area contributed by atoms with Crippen LogP contribution in [0.4, 0.5) is 0 Å². The number of hydrogen-bond donors (Lipinski definition) is 3. The predicted molar refractivity (Wildman–Crippen MR) is 57.1 cm³/mol. The van der Waals surface area contributed by atoms with Gasteiger partial charge < -0.3 is 10.2 Å². The molecule has 5 nitrogen and oxygen atoms in total. The van der Waals surface area contributed by atoms with Gasteiger partial charge in [0.25, 0.3) is 10.1 Å². The number of aliphatic hydroxyl groups excluding tert-OH is 2. The average Bonchev–Trinajstić information content (AvgIpc) is 2.12. The summed E-state index contributed by atoms with van der Waals surface area (Å²) in [7, 11) is -4.21.